The number of rotatable bonds is 11. The summed E-state index contributed by atoms with van der Waals surface area (Å²) in [6.45, 7) is 1.75. The van der Waals surface area contributed by atoms with Crippen molar-refractivity contribution in [3.05, 3.63) is 32.6 Å². The number of unbranched alkanes of at least 4 members (excludes halogenated alkanes) is 4. The van der Waals surface area contributed by atoms with Gasteiger partial charge in [0, 0.05) is 26.0 Å². The predicted molar refractivity (Wildman–Crippen MR) is 116 cm³/mol. The number of esters is 1. The number of hydrogen-bond acceptors (Lipinski definition) is 7. The van der Waals surface area contributed by atoms with E-state index in [0.717, 1.165) is 23.8 Å². The topological polar surface area (TPSA) is 123 Å². The number of alkyl halides is 3. The second kappa shape index (κ2) is 13.3. The highest BCUT2D eigenvalue weighted by Crippen LogP contribution is 2.29. The lowest BCUT2D eigenvalue weighted by molar-refractivity contribution is -0.150. The van der Waals surface area contributed by atoms with Crippen LogP contribution in [0.2, 0.25) is 0 Å². The van der Waals surface area contributed by atoms with Crippen molar-refractivity contribution in [2.45, 2.75) is 76.5 Å². The maximum absolute atomic E-state index is 12.2. The van der Waals surface area contributed by atoms with Crippen molar-refractivity contribution in [2.75, 3.05) is 19.7 Å². The molecule has 0 bridgehead atoms. The zero-order chi connectivity index (χ0) is 25.1. The van der Waals surface area contributed by atoms with E-state index < -0.39 is 54.9 Å². The van der Waals surface area contributed by atoms with Crippen molar-refractivity contribution in [1.29, 1.82) is 0 Å². The van der Waals surface area contributed by atoms with Gasteiger partial charge in [0.2, 0.25) is 0 Å². The van der Waals surface area contributed by atoms with Gasteiger partial charge in [-0.15, -0.1) is 0 Å². The van der Waals surface area contributed by atoms with Gasteiger partial charge in [-0.25, -0.2) is 4.79 Å². The highest BCUT2D eigenvalue weighted by atomic mass is 19.4. The molecule has 2 rings (SSSR count). The van der Waals surface area contributed by atoms with Crippen LogP contribution in [0.4, 0.5) is 13.2 Å². The Balaban J connectivity index is 1.82. The van der Waals surface area contributed by atoms with E-state index in [4.69, 9.17) is 9.47 Å². The summed E-state index contributed by atoms with van der Waals surface area (Å²) in [5.41, 5.74) is -1.32. The second-order valence-corrected chi connectivity index (χ2v) is 8.02. The molecule has 1 aliphatic heterocycles. The Morgan fingerprint density at radius 2 is 2.00 bits per heavy atom. The van der Waals surface area contributed by atoms with Crippen LogP contribution in [0.3, 0.4) is 0 Å². The first-order chi connectivity index (χ1) is 16.1. The Kier molecular flexibility index (Phi) is 10.8. The Morgan fingerprint density at radius 3 is 2.68 bits per heavy atom. The third kappa shape index (κ3) is 9.32. The Morgan fingerprint density at radius 1 is 1.29 bits per heavy atom. The fraction of sp³-hybridized carbons (Fsp3) is 0.682. The highest BCUT2D eigenvalue weighted by Gasteiger charge is 2.38. The number of hydrogen-bond donors (Lipinski definition) is 3. The number of carbonyl (C=O) groups is 1. The molecule has 34 heavy (non-hydrogen) atoms. The molecule has 1 aromatic heterocycles. The Hall–Kier alpha value is -2.62. The van der Waals surface area contributed by atoms with E-state index >= 15 is 0 Å². The molecular weight excluding hydrogens is 459 g/mol. The molecule has 3 N–H and O–H groups in total. The Bertz CT molecular complexity index is 979. The van der Waals surface area contributed by atoms with Gasteiger partial charge in [-0.05, 0) is 19.4 Å². The molecule has 190 valence electrons. The van der Waals surface area contributed by atoms with Crippen LogP contribution in [-0.4, -0.2) is 58.7 Å². The minimum Gasteiger partial charge on any atom is -0.460 e. The quantitative estimate of drug-likeness (QED) is 0.245. The van der Waals surface area contributed by atoms with Gasteiger partial charge >= 0.3 is 17.8 Å². The van der Waals surface area contributed by atoms with Gasteiger partial charge < -0.3 is 19.9 Å². The van der Waals surface area contributed by atoms with E-state index in [2.05, 4.69) is 22.1 Å². The van der Waals surface area contributed by atoms with Crippen LogP contribution in [0.15, 0.2) is 15.8 Å². The van der Waals surface area contributed by atoms with Gasteiger partial charge in [0.15, 0.2) is 0 Å². The number of aromatic amines is 1. The lowest BCUT2D eigenvalue weighted by Crippen LogP contribution is -2.33. The zero-order valence-electron chi connectivity index (χ0n) is 19.0. The van der Waals surface area contributed by atoms with E-state index in [1.807, 2.05) is 0 Å². The number of ether oxygens (including phenoxy) is 2. The average Bonchev–Trinajstić information content (AvgIpc) is 3.14. The number of carbonyl (C=O) groups excluding carboxylic acids is 1. The lowest BCUT2D eigenvalue weighted by Gasteiger charge is -2.15. The minimum atomic E-state index is -4.09. The summed E-state index contributed by atoms with van der Waals surface area (Å²) in [5.74, 6) is 4.94. The van der Waals surface area contributed by atoms with Crippen LogP contribution in [0, 0.1) is 11.8 Å². The summed E-state index contributed by atoms with van der Waals surface area (Å²) in [6, 6.07) is 0. The van der Waals surface area contributed by atoms with Crippen molar-refractivity contribution >= 4 is 5.97 Å². The minimum absolute atomic E-state index is 0.0474. The van der Waals surface area contributed by atoms with Crippen molar-refractivity contribution in [3.63, 3.8) is 0 Å². The van der Waals surface area contributed by atoms with Crippen LogP contribution in [0.25, 0.3) is 0 Å². The summed E-state index contributed by atoms with van der Waals surface area (Å²) < 4.78 is 48.1. The molecule has 0 radical (unpaired) electrons. The van der Waals surface area contributed by atoms with Crippen molar-refractivity contribution in [3.8, 4) is 11.8 Å². The number of aliphatic hydroxyl groups excluding tert-OH is 1. The van der Waals surface area contributed by atoms with Gasteiger partial charge in [-0.1, -0.05) is 31.1 Å². The van der Waals surface area contributed by atoms with Crippen molar-refractivity contribution < 1.29 is 32.5 Å². The summed E-state index contributed by atoms with van der Waals surface area (Å²) in [5, 5.41) is 12.5. The van der Waals surface area contributed by atoms with Gasteiger partial charge in [-0.3, -0.25) is 19.1 Å². The van der Waals surface area contributed by atoms with Gasteiger partial charge in [-0.2, -0.15) is 13.2 Å². The predicted octanol–water partition coefficient (Wildman–Crippen LogP) is 1.59. The fourth-order valence-electron chi connectivity index (χ4n) is 3.56. The number of H-pyrrole nitrogens is 1. The van der Waals surface area contributed by atoms with Crippen LogP contribution >= 0.6 is 0 Å². The highest BCUT2D eigenvalue weighted by molar-refractivity contribution is 5.66. The lowest BCUT2D eigenvalue weighted by atomic mass is 10.1. The maximum Gasteiger partial charge on any atom is 0.389 e. The fourth-order valence-corrected chi connectivity index (χ4v) is 3.56. The number of halogens is 3. The molecular formula is C22H30F3N3O6. The van der Waals surface area contributed by atoms with Gasteiger partial charge in [0.05, 0.1) is 13.2 Å². The molecule has 1 saturated heterocycles. The van der Waals surface area contributed by atoms with E-state index in [1.165, 1.54) is 13.1 Å². The van der Waals surface area contributed by atoms with E-state index in [0.29, 0.717) is 13.0 Å². The molecule has 1 aliphatic rings. The van der Waals surface area contributed by atoms with Crippen LogP contribution in [0.1, 0.15) is 63.7 Å². The maximum atomic E-state index is 12.2. The molecule has 0 amide bonds. The summed E-state index contributed by atoms with van der Waals surface area (Å²) in [7, 11) is 0. The van der Waals surface area contributed by atoms with E-state index in [1.54, 1.807) is 0 Å². The summed E-state index contributed by atoms with van der Waals surface area (Å²) >= 11 is 0. The third-order valence-electron chi connectivity index (χ3n) is 5.21. The number of nitrogens with zero attached hydrogens (tertiary/aromatic N) is 1. The molecule has 3 atom stereocenters. The first kappa shape index (κ1) is 27.6. The largest absolute Gasteiger partial charge is 0.460 e. The summed E-state index contributed by atoms with van der Waals surface area (Å²) in [6.07, 6.45) is -2.76. The summed E-state index contributed by atoms with van der Waals surface area (Å²) in [4.78, 5) is 37.7. The van der Waals surface area contributed by atoms with Crippen LogP contribution in [-0.2, 0) is 14.3 Å². The first-order valence-corrected chi connectivity index (χ1v) is 11.2. The standard InChI is InChI=1S/C22H30F3N3O6/c1-15(30)33-17-12-19(34-18(17)14-29)28-13-16(20(31)27-21(28)32)8-7-11-26-10-6-4-2-3-5-9-22(23,24)25/h13,17-19,26,29H,2-6,9-12,14H2,1H3,(H,27,31,32)/t17-,18+,19+/m0/s1. The van der Waals surface area contributed by atoms with Crippen LogP contribution in [0.5, 0.6) is 0 Å². The average molecular weight is 489 g/mol. The Labute approximate surface area is 194 Å². The normalized spacial score (nSPS) is 20.1. The van der Waals surface area contributed by atoms with Gasteiger partial charge in [0.1, 0.15) is 24.0 Å². The van der Waals surface area contributed by atoms with Crippen molar-refractivity contribution in [2.24, 2.45) is 0 Å². The number of nitrogens with one attached hydrogen (secondary N) is 2. The molecule has 1 aromatic rings. The molecule has 2 heterocycles. The number of aliphatic hydroxyl groups is 1. The molecule has 9 nitrogen and oxygen atoms in total. The van der Waals surface area contributed by atoms with E-state index in [9.17, 15) is 32.7 Å². The SMILES string of the molecule is CC(=O)O[C@H]1C[C@H](n2cc(C#CCNCCCCCCCC(F)(F)F)c(=O)[nH]c2=O)O[C@@H]1CO. The molecule has 0 spiro atoms. The van der Waals surface area contributed by atoms with Crippen LogP contribution < -0.4 is 16.6 Å². The first-order valence-electron chi connectivity index (χ1n) is 11.2. The zero-order valence-corrected chi connectivity index (χ0v) is 19.0. The molecule has 0 aromatic carbocycles. The number of aromatic nitrogens is 2. The monoisotopic (exact) mass is 489 g/mol. The molecule has 0 saturated carbocycles. The van der Waals surface area contributed by atoms with Gasteiger partial charge in [0.25, 0.3) is 5.56 Å². The molecule has 0 aliphatic carbocycles. The second-order valence-electron chi connectivity index (χ2n) is 8.02. The molecule has 12 heteroatoms. The third-order valence-corrected chi connectivity index (χ3v) is 5.21. The molecule has 1 fully saturated rings. The van der Waals surface area contributed by atoms with E-state index in [-0.39, 0.29) is 24.9 Å². The van der Waals surface area contributed by atoms with Crippen molar-refractivity contribution in [1.82, 2.24) is 14.9 Å². The smallest absolute Gasteiger partial charge is 0.389 e. The molecule has 0 unspecified atom stereocenters.